The molecule has 2 nitrogen and oxygen atoms in total. The molecule has 1 aromatic heterocycles. The number of nitrogens with zero attached hydrogens (tertiary/aromatic N) is 1. The second-order valence-electron chi connectivity index (χ2n) is 2.79. The van der Waals surface area contributed by atoms with E-state index in [1.54, 1.807) is 11.3 Å². The highest BCUT2D eigenvalue weighted by Crippen LogP contribution is 2.14. The van der Waals surface area contributed by atoms with Gasteiger partial charge in [-0.2, -0.15) is 0 Å². The van der Waals surface area contributed by atoms with Crippen molar-refractivity contribution in [3.8, 4) is 0 Å². The number of anilines is 1. The van der Waals surface area contributed by atoms with E-state index in [1.807, 2.05) is 35.8 Å². The van der Waals surface area contributed by atoms with Crippen molar-refractivity contribution in [3.63, 3.8) is 0 Å². The van der Waals surface area contributed by atoms with Gasteiger partial charge in [0.25, 0.3) is 0 Å². The molecule has 1 aromatic carbocycles. The van der Waals surface area contributed by atoms with Crippen LogP contribution in [0.25, 0.3) is 0 Å². The van der Waals surface area contributed by atoms with Crippen LogP contribution in [0.15, 0.2) is 35.8 Å². The standard InChI is InChI=1S/C10H9ClN2S/c11-8-1-3-9(4-2-8)13-7-10-12-5-6-14-10/h1-6,13H,7H2. The number of benzene rings is 1. The Bertz CT molecular complexity index is 383. The van der Waals surface area contributed by atoms with Gasteiger partial charge in [0, 0.05) is 22.3 Å². The number of halogens is 1. The molecule has 14 heavy (non-hydrogen) atoms. The summed E-state index contributed by atoms with van der Waals surface area (Å²) in [5.74, 6) is 0. The van der Waals surface area contributed by atoms with Gasteiger partial charge in [-0.05, 0) is 24.3 Å². The Hall–Kier alpha value is -1.06. The van der Waals surface area contributed by atoms with Crippen LogP contribution in [0.3, 0.4) is 0 Å². The third-order valence-corrected chi connectivity index (χ3v) is 2.80. The maximum Gasteiger partial charge on any atom is 0.112 e. The molecule has 72 valence electrons. The lowest BCUT2D eigenvalue weighted by Gasteiger charge is -2.03. The smallest absolute Gasteiger partial charge is 0.112 e. The Morgan fingerprint density at radius 3 is 2.71 bits per heavy atom. The van der Waals surface area contributed by atoms with Crippen molar-refractivity contribution in [2.45, 2.75) is 6.54 Å². The summed E-state index contributed by atoms with van der Waals surface area (Å²) in [6, 6.07) is 7.64. The van der Waals surface area contributed by atoms with Gasteiger partial charge in [-0.15, -0.1) is 11.3 Å². The molecule has 0 aliphatic rings. The first-order valence-corrected chi connectivity index (χ1v) is 5.48. The quantitative estimate of drug-likeness (QED) is 0.865. The highest BCUT2D eigenvalue weighted by Gasteiger charge is 1.95. The summed E-state index contributed by atoms with van der Waals surface area (Å²) in [4.78, 5) is 4.18. The Kier molecular flexibility index (Phi) is 3.01. The number of aromatic nitrogens is 1. The number of nitrogens with one attached hydrogen (secondary N) is 1. The summed E-state index contributed by atoms with van der Waals surface area (Å²) >= 11 is 7.42. The minimum atomic E-state index is 0.754. The highest BCUT2D eigenvalue weighted by atomic mass is 35.5. The third kappa shape index (κ3) is 2.47. The fraction of sp³-hybridized carbons (Fsp3) is 0.100. The zero-order chi connectivity index (χ0) is 9.80. The SMILES string of the molecule is Clc1ccc(NCc2nccs2)cc1. The monoisotopic (exact) mass is 224 g/mol. The van der Waals surface area contributed by atoms with E-state index in [9.17, 15) is 0 Å². The van der Waals surface area contributed by atoms with Gasteiger partial charge in [0.15, 0.2) is 0 Å². The van der Waals surface area contributed by atoms with Gasteiger partial charge in [-0.3, -0.25) is 0 Å². The van der Waals surface area contributed by atoms with E-state index in [0.29, 0.717) is 0 Å². The summed E-state index contributed by atoms with van der Waals surface area (Å²) in [6.45, 7) is 0.763. The highest BCUT2D eigenvalue weighted by molar-refractivity contribution is 7.09. The molecular formula is C10H9ClN2S. The molecule has 0 radical (unpaired) electrons. The molecule has 2 rings (SSSR count). The molecule has 0 aliphatic heterocycles. The molecule has 0 amide bonds. The minimum absolute atomic E-state index is 0.754. The third-order valence-electron chi connectivity index (χ3n) is 1.77. The molecule has 1 heterocycles. The largest absolute Gasteiger partial charge is 0.379 e. The van der Waals surface area contributed by atoms with Gasteiger partial charge < -0.3 is 5.32 Å². The second-order valence-corrected chi connectivity index (χ2v) is 4.20. The molecular weight excluding hydrogens is 216 g/mol. The second kappa shape index (κ2) is 4.44. The fourth-order valence-electron chi connectivity index (χ4n) is 1.09. The van der Waals surface area contributed by atoms with E-state index in [4.69, 9.17) is 11.6 Å². The van der Waals surface area contributed by atoms with Gasteiger partial charge >= 0.3 is 0 Å². The number of thiazole rings is 1. The van der Waals surface area contributed by atoms with Crippen molar-refractivity contribution in [1.29, 1.82) is 0 Å². The van der Waals surface area contributed by atoms with Crippen LogP contribution in [0.5, 0.6) is 0 Å². The lowest BCUT2D eigenvalue weighted by molar-refractivity contribution is 1.10. The first-order valence-electron chi connectivity index (χ1n) is 4.22. The van der Waals surface area contributed by atoms with Gasteiger partial charge in [-0.1, -0.05) is 11.6 Å². The first kappa shape index (κ1) is 9.49. The van der Waals surface area contributed by atoms with Crippen molar-refractivity contribution >= 4 is 28.6 Å². The average Bonchev–Trinajstić information content (AvgIpc) is 2.70. The molecule has 0 spiro atoms. The summed E-state index contributed by atoms with van der Waals surface area (Å²) < 4.78 is 0. The fourth-order valence-corrected chi connectivity index (χ4v) is 1.77. The molecule has 0 fully saturated rings. The first-order chi connectivity index (χ1) is 6.84. The van der Waals surface area contributed by atoms with Gasteiger partial charge in [0.1, 0.15) is 5.01 Å². The van der Waals surface area contributed by atoms with Crippen LogP contribution < -0.4 is 5.32 Å². The van der Waals surface area contributed by atoms with E-state index in [2.05, 4.69) is 10.3 Å². The van der Waals surface area contributed by atoms with Gasteiger partial charge in [0.05, 0.1) is 6.54 Å². The zero-order valence-corrected chi connectivity index (χ0v) is 8.98. The van der Waals surface area contributed by atoms with Crippen molar-refractivity contribution in [2.24, 2.45) is 0 Å². The van der Waals surface area contributed by atoms with E-state index in [0.717, 1.165) is 22.3 Å². The van der Waals surface area contributed by atoms with Gasteiger partial charge in [-0.25, -0.2) is 4.98 Å². The van der Waals surface area contributed by atoms with Crippen LogP contribution in [0.4, 0.5) is 5.69 Å². The summed E-state index contributed by atoms with van der Waals surface area (Å²) in [5, 5.41) is 7.07. The topological polar surface area (TPSA) is 24.9 Å². The van der Waals surface area contributed by atoms with Crippen LogP contribution in [-0.4, -0.2) is 4.98 Å². The lowest BCUT2D eigenvalue weighted by Crippen LogP contribution is -1.97. The van der Waals surface area contributed by atoms with E-state index in [-0.39, 0.29) is 0 Å². The van der Waals surface area contributed by atoms with Crippen LogP contribution >= 0.6 is 22.9 Å². The number of hydrogen-bond acceptors (Lipinski definition) is 3. The maximum absolute atomic E-state index is 5.77. The molecule has 4 heteroatoms. The van der Waals surface area contributed by atoms with E-state index in [1.165, 1.54) is 0 Å². The van der Waals surface area contributed by atoms with E-state index < -0.39 is 0 Å². The number of rotatable bonds is 3. The van der Waals surface area contributed by atoms with Crippen molar-refractivity contribution in [3.05, 3.63) is 45.9 Å². The minimum Gasteiger partial charge on any atom is -0.379 e. The van der Waals surface area contributed by atoms with Gasteiger partial charge in [0.2, 0.25) is 0 Å². The average molecular weight is 225 g/mol. The lowest BCUT2D eigenvalue weighted by atomic mass is 10.3. The molecule has 0 aliphatic carbocycles. The predicted molar refractivity (Wildman–Crippen MR) is 60.9 cm³/mol. The summed E-state index contributed by atoms with van der Waals surface area (Å²) in [6.07, 6.45) is 1.81. The summed E-state index contributed by atoms with van der Waals surface area (Å²) in [7, 11) is 0. The predicted octanol–water partition coefficient (Wildman–Crippen LogP) is 3.41. The van der Waals surface area contributed by atoms with Crippen LogP contribution in [0.2, 0.25) is 5.02 Å². The molecule has 0 saturated heterocycles. The Morgan fingerprint density at radius 2 is 2.07 bits per heavy atom. The molecule has 0 unspecified atom stereocenters. The molecule has 0 saturated carbocycles. The molecule has 1 N–H and O–H groups in total. The maximum atomic E-state index is 5.77. The van der Waals surface area contributed by atoms with Crippen LogP contribution in [0.1, 0.15) is 5.01 Å². The Balaban J connectivity index is 1.95. The van der Waals surface area contributed by atoms with Crippen molar-refractivity contribution < 1.29 is 0 Å². The van der Waals surface area contributed by atoms with Crippen molar-refractivity contribution in [2.75, 3.05) is 5.32 Å². The molecule has 0 bridgehead atoms. The normalized spacial score (nSPS) is 10.1. The Morgan fingerprint density at radius 1 is 1.29 bits per heavy atom. The Labute approximate surface area is 91.6 Å². The zero-order valence-electron chi connectivity index (χ0n) is 7.40. The molecule has 2 aromatic rings. The van der Waals surface area contributed by atoms with Crippen molar-refractivity contribution in [1.82, 2.24) is 4.98 Å². The van der Waals surface area contributed by atoms with E-state index >= 15 is 0 Å². The number of hydrogen-bond donors (Lipinski definition) is 1. The van der Waals surface area contributed by atoms with Crippen LogP contribution in [0, 0.1) is 0 Å². The molecule has 0 atom stereocenters. The van der Waals surface area contributed by atoms with Crippen LogP contribution in [-0.2, 0) is 6.54 Å². The summed E-state index contributed by atoms with van der Waals surface area (Å²) in [5.41, 5.74) is 1.06.